The van der Waals surface area contributed by atoms with Crippen molar-refractivity contribution in [3.05, 3.63) is 106 Å². The second-order valence-electron chi connectivity index (χ2n) is 6.63. The van der Waals surface area contributed by atoms with Gasteiger partial charge in [0.15, 0.2) is 0 Å². The van der Waals surface area contributed by atoms with Crippen molar-refractivity contribution < 1.29 is 8.83 Å². The van der Waals surface area contributed by atoms with E-state index >= 15 is 0 Å². The summed E-state index contributed by atoms with van der Waals surface area (Å²) in [6.45, 7) is 0. The van der Waals surface area contributed by atoms with Gasteiger partial charge in [-0.15, -0.1) is 0 Å². The van der Waals surface area contributed by atoms with E-state index in [1.54, 1.807) is 12.1 Å². The highest BCUT2D eigenvalue weighted by molar-refractivity contribution is 5.83. The predicted molar refractivity (Wildman–Crippen MR) is 113 cm³/mol. The molecule has 0 saturated carbocycles. The topological polar surface area (TPSA) is 43.4 Å². The number of benzene rings is 3. The van der Waals surface area contributed by atoms with Gasteiger partial charge in [-0.3, -0.25) is 0 Å². The molecule has 0 aliphatic heterocycles. The molecule has 5 aromatic rings. The lowest BCUT2D eigenvalue weighted by molar-refractivity contribution is 0.559. The minimum absolute atomic E-state index is 0.339. The fourth-order valence-electron chi connectivity index (χ4n) is 3.26. The van der Waals surface area contributed by atoms with E-state index in [0.29, 0.717) is 11.1 Å². The third kappa shape index (κ3) is 3.03. The van der Waals surface area contributed by atoms with Gasteiger partial charge in [0.1, 0.15) is 16.9 Å². The van der Waals surface area contributed by atoms with Crippen LogP contribution in [0.25, 0.3) is 45.4 Å². The normalized spacial score (nSPS) is 11.6. The summed E-state index contributed by atoms with van der Waals surface area (Å²) in [4.78, 5) is 12.1. The van der Waals surface area contributed by atoms with Gasteiger partial charge in [-0.2, -0.15) is 0 Å². The van der Waals surface area contributed by atoms with Gasteiger partial charge in [-0.1, -0.05) is 66.7 Å². The first-order valence-corrected chi connectivity index (χ1v) is 9.06. The summed E-state index contributed by atoms with van der Waals surface area (Å²) in [6.07, 6.45) is 3.69. The van der Waals surface area contributed by atoms with Crippen molar-refractivity contribution in [3.8, 4) is 11.3 Å². The van der Waals surface area contributed by atoms with Crippen molar-refractivity contribution in [2.45, 2.75) is 0 Å². The highest BCUT2D eigenvalue weighted by atomic mass is 16.4. The quantitative estimate of drug-likeness (QED) is 0.349. The molecule has 0 fully saturated rings. The Morgan fingerprint density at radius 2 is 1.29 bits per heavy atom. The molecule has 0 unspecified atom stereocenters. The molecule has 3 nitrogen and oxygen atoms in total. The number of hydrogen-bond donors (Lipinski definition) is 0. The molecule has 3 heteroatoms. The third-order valence-electron chi connectivity index (χ3n) is 4.74. The Labute approximate surface area is 161 Å². The van der Waals surface area contributed by atoms with Crippen LogP contribution in [0.3, 0.4) is 0 Å². The average Bonchev–Trinajstić information content (AvgIpc) is 3.17. The summed E-state index contributed by atoms with van der Waals surface area (Å²) in [5, 5.41) is 1.99. The maximum atomic E-state index is 12.1. The predicted octanol–water partition coefficient (Wildman–Crippen LogP) is 6.38. The molecule has 28 heavy (non-hydrogen) atoms. The molecule has 2 aromatic heterocycles. The number of rotatable bonds is 3. The molecule has 134 valence electrons. The maximum absolute atomic E-state index is 12.1. The molecule has 2 heterocycles. The first-order chi connectivity index (χ1) is 13.8. The summed E-state index contributed by atoms with van der Waals surface area (Å²) >= 11 is 0. The highest BCUT2D eigenvalue weighted by Gasteiger charge is 2.06. The lowest BCUT2D eigenvalue weighted by Crippen LogP contribution is -2.02. The fourth-order valence-corrected chi connectivity index (χ4v) is 3.26. The average molecular weight is 364 g/mol. The maximum Gasteiger partial charge on any atom is 0.343 e. The SMILES string of the molecule is O=c1oc2ccccc2cc1C=Cc1ccc(-c2cc3ccccc3o2)cc1. The standard InChI is InChI=1S/C25H16O3/c26-25-21(15-19-5-1-4-8-23(19)28-25)14-11-17-9-12-18(13-10-17)24-16-20-6-2-3-7-22(20)27-24/h1-16H. The van der Waals surface area contributed by atoms with Crippen LogP contribution < -0.4 is 5.63 Å². The molecule has 0 aliphatic rings. The van der Waals surface area contributed by atoms with E-state index in [1.807, 2.05) is 84.9 Å². The van der Waals surface area contributed by atoms with Crippen molar-refractivity contribution in [1.29, 1.82) is 0 Å². The Kier molecular flexibility index (Phi) is 3.91. The van der Waals surface area contributed by atoms with Gasteiger partial charge >= 0.3 is 5.63 Å². The zero-order chi connectivity index (χ0) is 18.9. The Morgan fingerprint density at radius 1 is 0.643 bits per heavy atom. The molecule has 0 saturated heterocycles. The van der Waals surface area contributed by atoms with Gasteiger partial charge in [-0.25, -0.2) is 4.79 Å². The molecule has 0 radical (unpaired) electrons. The summed E-state index contributed by atoms with van der Waals surface area (Å²) in [5.41, 5.74) is 3.67. The lowest BCUT2D eigenvalue weighted by Gasteiger charge is -1.99. The van der Waals surface area contributed by atoms with Gasteiger partial charge in [0, 0.05) is 16.3 Å². The van der Waals surface area contributed by atoms with E-state index in [0.717, 1.165) is 33.2 Å². The van der Waals surface area contributed by atoms with Crippen LogP contribution in [0.2, 0.25) is 0 Å². The Bertz CT molecular complexity index is 1340. The lowest BCUT2D eigenvalue weighted by atomic mass is 10.1. The van der Waals surface area contributed by atoms with Crippen LogP contribution in [-0.4, -0.2) is 0 Å². The van der Waals surface area contributed by atoms with Crippen molar-refractivity contribution in [2.24, 2.45) is 0 Å². The number of furan rings is 1. The smallest absolute Gasteiger partial charge is 0.343 e. The first kappa shape index (κ1) is 16.3. The zero-order valence-electron chi connectivity index (χ0n) is 15.0. The van der Waals surface area contributed by atoms with Crippen LogP contribution in [0.15, 0.2) is 98.6 Å². The van der Waals surface area contributed by atoms with Crippen LogP contribution in [0.1, 0.15) is 11.1 Å². The molecule has 0 amide bonds. The van der Waals surface area contributed by atoms with Crippen molar-refractivity contribution in [1.82, 2.24) is 0 Å². The summed E-state index contributed by atoms with van der Waals surface area (Å²) in [6, 6.07) is 27.4. The summed E-state index contributed by atoms with van der Waals surface area (Å²) in [7, 11) is 0. The third-order valence-corrected chi connectivity index (χ3v) is 4.74. The second kappa shape index (κ2) is 6.71. The molecule has 0 atom stereocenters. The highest BCUT2D eigenvalue weighted by Crippen LogP contribution is 2.28. The number of fused-ring (bicyclic) bond motifs is 2. The molecule has 0 spiro atoms. The molecule has 0 N–H and O–H groups in total. The largest absolute Gasteiger partial charge is 0.456 e. The van der Waals surface area contributed by atoms with Crippen LogP contribution in [0.5, 0.6) is 0 Å². The Morgan fingerprint density at radius 3 is 2.00 bits per heavy atom. The molecule has 0 bridgehead atoms. The van der Waals surface area contributed by atoms with Crippen LogP contribution in [0.4, 0.5) is 0 Å². The van der Waals surface area contributed by atoms with Gasteiger partial charge in [0.25, 0.3) is 0 Å². The van der Waals surface area contributed by atoms with E-state index in [9.17, 15) is 4.79 Å². The van der Waals surface area contributed by atoms with E-state index in [-0.39, 0.29) is 5.63 Å². The van der Waals surface area contributed by atoms with Crippen LogP contribution >= 0.6 is 0 Å². The summed E-state index contributed by atoms with van der Waals surface area (Å²) < 4.78 is 11.3. The fraction of sp³-hybridized carbons (Fsp3) is 0. The van der Waals surface area contributed by atoms with Crippen molar-refractivity contribution in [2.75, 3.05) is 0 Å². The van der Waals surface area contributed by atoms with E-state index in [4.69, 9.17) is 8.83 Å². The zero-order valence-corrected chi connectivity index (χ0v) is 15.0. The van der Waals surface area contributed by atoms with Gasteiger partial charge in [0.05, 0.1) is 5.56 Å². The van der Waals surface area contributed by atoms with Crippen molar-refractivity contribution >= 4 is 34.1 Å². The van der Waals surface area contributed by atoms with Crippen LogP contribution in [0, 0.1) is 0 Å². The Hall–Kier alpha value is -3.85. The second-order valence-corrected chi connectivity index (χ2v) is 6.63. The van der Waals surface area contributed by atoms with E-state index < -0.39 is 0 Å². The van der Waals surface area contributed by atoms with E-state index in [2.05, 4.69) is 0 Å². The molecule has 0 aliphatic carbocycles. The van der Waals surface area contributed by atoms with Crippen molar-refractivity contribution in [3.63, 3.8) is 0 Å². The van der Waals surface area contributed by atoms with Crippen LogP contribution in [-0.2, 0) is 0 Å². The molecule has 5 rings (SSSR count). The monoisotopic (exact) mass is 364 g/mol. The minimum Gasteiger partial charge on any atom is -0.456 e. The molecule has 3 aromatic carbocycles. The Balaban J connectivity index is 1.43. The first-order valence-electron chi connectivity index (χ1n) is 9.06. The summed E-state index contributed by atoms with van der Waals surface area (Å²) in [5.74, 6) is 0.840. The van der Waals surface area contributed by atoms with E-state index in [1.165, 1.54) is 0 Å². The minimum atomic E-state index is -0.339. The number of hydrogen-bond acceptors (Lipinski definition) is 3. The molecular formula is C25H16O3. The van der Waals surface area contributed by atoms with Gasteiger partial charge in [-0.05, 0) is 35.9 Å². The molecular weight excluding hydrogens is 348 g/mol. The van der Waals surface area contributed by atoms with Gasteiger partial charge in [0.2, 0.25) is 0 Å². The van der Waals surface area contributed by atoms with Gasteiger partial charge < -0.3 is 8.83 Å². The number of para-hydroxylation sites is 2.